The molecule has 1 rings (SSSR count). The lowest BCUT2D eigenvalue weighted by molar-refractivity contribution is 0.314. The van der Waals surface area contributed by atoms with Gasteiger partial charge in [-0.05, 0) is 38.8 Å². The Kier molecular flexibility index (Phi) is 5.85. The molecule has 17 heavy (non-hydrogen) atoms. The summed E-state index contributed by atoms with van der Waals surface area (Å²) < 4.78 is 28.3. The van der Waals surface area contributed by atoms with E-state index >= 15 is 0 Å². The van der Waals surface area contributed by atoms with Crippen LogP contribution in [0.1, 0.15) is 33.6 Å². The van der Waals surface area contributed by atoms with Gasteiger partial charge >= 0.3 is 0 Å². The van der Waals surface area contributed by atoms with E-state index < -0.39 is 10.2 Å². The molecule has 1 aliphatic heterocycles. The van der Waals surface area contributed by atoms with Gasteiger partial charge in [0.05, 0.1) is 0 Å². The third-order valence-corrected chi connectivity index (χ3v) is 5.29. The van der Waals surface area contributed by atoms with Crippen molar-refractivity contribution in [1.29, 1.82) is 0 Å². The first-order valence-electron chi connectivity index (χ1n) is 6.49. The van der Waals surface area contributed by atoms with E-state index in [0.717, 1.165) is 25.9 Å². The van der Waals surface area contributed by atoms with Crippen molar-refractivity contribution in [2.45, 2.75) is 39.7 Å². The van der Waals surface area contributed by atoms with E-state index in [1.807, 2.05) is 20.8 Å². The minimum atomic E-state index is -3.32. The van der Waals surface area contributed by atoms with Gasteiger partial charge in [0.25, 0.3) is 10.2 Å². The van der Waals surface area contributed by atoms with Crippen molar-refractivity contribution in [3.05, 3.63) is 0 Å². The van der Waals surface area contributed by atoms with Crippen LogP contribution < -0.4 is 10.0 Å². The van der Waals surface area contributed by atoms with Gasteiger partial charge < -0.3 is 5.32 Å². The summed E-state index contributed by atoms with van der Waals surface area (Å²) in [6.07, 6.45) is 2.22. The second-order valence-corrected chi connectivity index (χ2v) is 6.30. The molecule has 1 heterocycles. The minimum Gasteiger partial charge on any atom is -0.316 e. The number of nitrogens with one attached hydrogen (secondary N) is 2. The highest BCUT2D eigenvalue weighted by Gasteiger charge is 2.26. The average Bonchev–Trinajstić information content (AvgIpc) is 2.30. The first-order valence-corrected chi connectivity index (χ1v) is 7.93. The molecular weight excluding hydrogens is 238 g/mol. The summed E-state index contributed by atoms with van der Waals surface area (Å²) in [6.45, 7) is 8.65. The smallest absolute Gasteiger partial charge is 0.279 e. The molecule has 1 aliphatic rings. The molecule has 0 amide bonds. The third-order valence-electron chi connectivity index (χ3n) is 3.42. The largest absolute Gasteiger partial charge is 0.316 e. The van der Waals surface area contributed by atoms with Crippen molar-refractivity contribution in [2.75, 3.05) is 26.2 Å². The molecule has 102 valence electrons. The number of rotatable bonds is 6. The summed E-state index contributed by atoms with van der Waals surface area (Å²) in [4.78, 5) is 0. The highest BCUT2D eigenvalue weighted by Crippen LogP contribution is 2.15. The van der Waals surface area contributed by atoms with Crippen molar-refractivity contribution in [3.8, 4) is 0 Å². The molecule has 6 heteroatoms. The van der Waals surface area contributed by atoms with Gasteiger partial charge in [-0.3, -0.25) is 0 Å². The zero-order chi connectivity index (χ0) is 12.9. The summed E-state index contributed by atoms with van der Waals surface area (Å²) in [5, 5.41) is 3.31. The van der Waals surface area contributed by atoms with E-state index in [1.165, 1.54) is 4.31 Å². The van der Waals surface area contributed by atoms with Crippen LogP contribution in [0.3, 0.4) is 0 Å². The SMILES string of the molecule is CCN(CC)S(=O)(=O)NC(C)C1CCCNC1. The lowest BCUT2D eigenvalue weighted by Crippen LogP contribution is -2.49. The van der Waals surface area contributed by atoms with Crippen molar-refractivity contribution in [3.63, 3.8) is 0 Å². The zero-order valence-electron chi connectivity index (χ0n) is 11.1. The van der Waals surface area contributed by atoms with Gasteiger partial charge in [0, 0.05) is 19.1 Å². The summed E-state index contributed by atoms with van der Waals surface area (Å²) in [7, 11) is -3.32. The molecule has 0 aliphatic carbocycles. The van der Waals surface area contributed by atoms with E-state index in [2.05, 4.69) is 10.0 Å². The van der Waals surface area contributed by atoms with Gasteiger partial charge in [0.1, 0.15) is 0 Å². The van der Waals surface area contributed by atoms with Crippen LogP contribution in [0.15, 0.2) is 0 Å². The van der Waals surface area contributed by atoms with E-state index in [1.54, 1.807) is 0 Å². The van der Waals surface area contributed by atoms with E-state index in [4.69, 9.17) is 0 Å². The minimum absolute atomic E-state index is 0.00611. The summed E-state index contributed by atoms with van der Waals surface area (Å²) in [6, 6.07) is -0.00611. The molecule has 0 saturated carbocycles. The Labute approximate surface area is 105 Å². The summed E-state index contributed by atoms with van der Waals surface area (Å²) in [5.41, 5.74) is 0. The van der Waals surface area contributed by atoms with Crippen LogP contribution in [0.4, 0.5) is 0 Å². The van der Waals surface area contributed by atoms with Crippen LogP contribution in [-0.4, -0.2) is 44.9 Å². The van der Waals surface area contributed by atoms with Gasteiger partial charge in [-0.2, -0.15) is 17.4 Å². The second-order valence-electron chi connectivity index (χ2n) is 4.60. The van der Waals surface area contributed by atoms with Gasteiger partial charge in [0.2, 0.25) is 0 Å². The van der Waals surface area contributed by atoms with Gasteiger partial charge in [-0.25, -0.2) is 0 Å². The molecule has 2 N–H and O–H groups in total. The molecule has 1 saturated heterocycles. The van der Waals surface area contributed by atoms with Crippen LogP contribution in [0.5, 0.6) is 0 Å². The molecule has 0 bridgehead atoms. The lowest BCUT2D eigenvalue weighted by atomic mass is 9.94. The van der Waals surface area contributed by atoms with E-state index in [9.17, 15) is 8.42 Å². The Morgan fingerprint density at radius 3 is 2.53 bits per heavy atom. The van der Waals surface area contributed by atoms with Crippen molar-refractivity contribution in [2.24, 2.45) is 5.92 Å². The van der Waals surface area contributed by atoms with Crippen LogP contribution in [-0.2, 0) is 10.2 Å². The third kappa shape index (κ3) is 4.21. The van der Waals surface area contributed by atoms with E-state index in [0.29, 0.717) is 19.0 Å². The molecule has 5 nitrogen and oxygen atoms in total. The maximum absolute atomic E-state index is 12.0. The Morgan fingerprint density at radius 2 is 2.06 bits per heavy atom. The fourth-order valence-corrected chi connectivity index (χ4v) is 3.77. The number of nitrogens with zero attached hydrogens (tertiary/aromatic N) is 1. The Hall–Kier alpha value is -0.170. The second kappa shape index (κ2) is 6.68. The average molecular weight is 263 g/mol. The number of hydrogen-bond donors (Lipinski definition) is 2. The molecule has 0 aromatic heterocycles. The van der Waals surface area contributed by atoms with Gasteiger partial charge in [-0.1, -0.05) is 13.8 Å². The first-order chi connectivity index (χ1) is 8.01. The molecule has 2 atom stereocenters. The van der Waals surface area contributed by atoms with Gasteiger partial charge in [-0.15, -0.1) is 0 Å². The van der Waals surface area contributed by atoms with Crippen LogP contribution in [0.25, 0.3) is 0 Å². The number of hydrogen-bond acceptors (Lipinski definition) is 3. The van der Waals surface area contributed by atoms with Gasteiger partial charge in [0.15, 0.2) is 0 Å². The summed E-state index contributed by atoms with van der Waals surface area (Å²) >= 11 is 0. The Balaban J connectivity index is 2.56. The lowest BCUT2D eigenvalue weighted by Gasteiger charge is -2.30. The molecule has 0 aromatic carbocycles. The molecule has 1 fully saturated rings. The van der Waals surface area contributed by atoms with E-state index in [-0.39, 0.29) is 6.04 Å². The first kappa shape index (κ1) is 14.9. The monoisotopic (exact) mass is 263 g/mol. The quantitative estimate of drug-likeness (QED) is 0.736. The van der Waals surface area contributed by atoms with Crippen molar-refractivity contribution >= 4 is 10.2 Å². The molecular formula is C11H25N3O2S. The van der Waals surface area contributed by atoms with Crippen LogP contribution in [0, 0.1) is 5.92 Å². The van der Waals surface area contributed by atoms with Crippen molar-refractivity contribution < 1.29 is 8.42 Å². The topological polar surface area (TPSA) is 61.4 Å². The maximum Gasteiger partial charge on any atom is 0.279 e. The highest BCUT2D eigenvalue weighted by atomic mass is 32.2. The number of piperidine rings is 1. The molecule has 0 radical (unpaired) electrons. The summed E-state index contributed by atoms with van der Waals surface area (Å²) in [5.74, 6) is 0.397. The molecule has 0 spiro atoms. The fourth-order valence-electron chi connectivity index (χ4n) is 2.27. The highest BCUT2D eigenvalue weighted by molar-refractivity contribution is 7.87. The normalized spacial score (nSPS) is 23.9. The van der Waals surface area contributed by atoms with Crippen LogP contribution in [0.2, 0.25) is 0 Å². The fraction of sp³-hybridized carbons (Fsp3) is 1.00. The predicted octanol–water partition coefficient (Wildman–Crippen LogP) is 0.551. The Bertz CT molecular complexity index is 309. The Morgan fingerprint density at radius 1 is 1.41 bits per heavy atom. The standard InChI is InChI=1S/C11H25N3O2S/c1-4-14(5-2)17(15,16)13-10(3)11-7-6-8-12-9-11/h10-13H,4-9H2,1-3H3. The molecule has 0 aromatic rings. The van der Waals surface area contributed by atoms with Crippen LogP contribution >= 0.6 is 0 Å². The molecule has 2 unspecified atom stereocenters. The maximum atomic E-state index is 12.0. The van der Waals surface area contributed by atoms with Crippen molar-refractivity contribution in [1.82, 2.24) is 14.3 Å². The predicted molar refractivity (Wildman–Crippen MR) is 70.0 cm³/mol. The zero-order valence-corrected chi connectivity index (χ0v) is 11.9.